The molecule has 3 aliphatic rings. The summed E-state index contributed by atoms with van der Waals surface area (Å²) in [6, 6.07) is 8.81. The molecular formula is C39H49N5O13S2. The van der Waals surface area contributed by atoms with E-state index < -0.39 is 91.4 Å². The summed E-state index contributed by atoms with van der Waals surface area (Å²) in [6.45, 7) is 12.4. The van der Waals surface area contributed by atoms with Crippen LogP contribution in [0.2, 0.25) is 0 Å². The maximum absolute atomic E-state index is 14.6. The fourth-order valence-electron chi connectivity index (χ4n) is 7.12. The number of carbonyl (C=O) groups excluding carboxylic acids is 5. The van der Waals surface area contributed by atoms with Crippen molar-refractivity contribution < 1.29 is 56.6 Å². The number of imide groups is 1. The SMILES string of the molecule is C[C@@H](O)[C@H]1C(=O)N2C(C(=O)OCc3ccc([N+](=O)[O-])cc3)=C(S[C@H]3C[C@@H](C(=O)N(Cc4ccc(S(N)(=O)=O)cc4)C(=O)OC(C)(C)C)N(C(=O)OC(C)(C)C)C3)[C@H](C)[C@H]12. The number of aliphatic hydroxyl groups is 1. The number of likely N-dealkylation sites (tertiary alicyclic amines) is 1. The minimum absolute atomic E-state index is 0.0355. The van der Waals surface area contributed by atoms with Crippen LogP contribution in [0.3, 0.4) is 0 Å². The molecule has 0 unspecified atom stereocenters. The van der Waals surface area contributed by atoms with Crippen molar-refractivity contribution >= 4 is 57.4 Å². The number of hydrogen-bond donors (Lipinski definition) is 2. The summed E-state index contributed by atoms with van der Waals surface area (Å²) < 4.78 is 40.7. The molecule has 18 nitrogen and oxygen atoms in total. The van der Waals surface area contributed by atoms with Gasteiger partial charge in [-0.05, 0) is 90.3 Å². The zero-order chi connectivity index (χ0) is 43.9. The first-order valence-electron chi connectivity index (χ1n) is 18.8. The number of benzene rings is 2. The predicted octanol–water partition coefficient (Wildman–Crippen LogP) is 4.43. The van der Waals surface area contributed by atoms with Crippen LogP contribution >= 0.6 is 11.8 Å². The standard InChI is InChI=1S/C39H49N5O13S2/c1-21-30-29(22(2)45)34(47)43(30)31(35(48)55-20-24-9-13-25(14-10-24)44(51)52)32(21)58-26-17-28(41(19-26)36(49)56-38(3,4)5)33(46)42(37(50)57-39(6,7)8)18-23-11-15-27(16-12-23)59(40,53)54/h9-16,21-22,26,28-30,45H,17-20H2,1-8H3,(H2,40,53,54)/t21-,22-,26+,28+,29-,30-/m1/s1. The Kier molecular flexibility index (Phi) is 12.9. The third-order valence-corrected chi connectivity index (χ3v) is 12.2. The number of sulfonamides is 1. The molecular weight excluding hydrogens is 811 g/mol. The van der Waals surface area contributed by atoms with E-state index in [1.54, 1.807) is 48.5 Å². The van der Waals surface area contributed by atoms with Crippen molar-refractivity contribution in [3.8, 4) is 0 Å². The van der Waals surface area contributed by atoms with E-state index in [-0.39, 0.29) is 42.4 Å². The summed E-state index contributed by atoms with van der Waals surface area (Å²) in [4.78, 5) is 83.5. The number of non-ortho nitro benzene ring substituents is 1. The molecule has 0 aromatic heterocycles. The number of nitrogens with two attached hydrogens (primary N) is 1. The third-order valence-electron chi connectivity index (χ3n) is 9.76. The highest BCUT2D eigenvalue weighted by Crippen LogP contribution is 2.52. The molecule has 3 aliphatic heterocycles. The molecule has 5 rings (SSSR count). The number of nitro groups is 1. The number of aliphatic hydroxyl groups excluding tert-OH is 1. The normalized spacial score (nSPS) is 22.3. The van der Waals surface area contributed by atoms with E-state index in [4.69, 9.17) is 19.3 Å². The van der Waals surface area contributed by atoms with E-state index in [0.717, 1.165) is 4.90 Å². The zero-order valence-corrected chi connectivity index (χ0v) is 35.6. The van der Waals surface area contributed by atoms with E-state index in [2.05, 4.69) is 0 Å². The Morgan fingerprint density at radius 3 is 2.10 bits per heavy atom. The van der Waals surface area contributed by atoms with Gasteiger partial charge in [-0.1, -0.05) is 19.1 Å². The van der Waals surface area contributed by atoms with Gasteiger partial charge in [-0.2, -0.15) is 0 Å². The quantitative estimate of drug-likeness (QED) is 0.104. The Balaban J connectivity index is 1.48. The molecule has 320 valence electrons. The van der Waals surface area contributed by atoms with E-state index in [1.165, 1.54) is 77.0 Å². The maximum atomic E-state index is 14.6. The predicted molar refractivity (Wildman–Crippen MR) is 212 cm³/mol. The van der Waals surface area contributed by atoms with Gasteiger partial charge in [0.25, 0.3) is 11.6 Å². The summed E-state index contributed by atoms with van der Waals surface area (Å²) in [7, 11) is -4.03. The van der Waals surface area contributed by atoms with Crippen molar-refractivity contribution in [1.82, 2.24) is 14.7 Å². The number of carbonyl (C=O) groups is 5. The minimum Gasteiger partial charge on any atom is -0.456 e. The molecule has 4 amide bonds. The number of thioether (sulfide) groups is 1. The minimum atomic E-state index is -4.03. The first kappa shape index (κ1) is 45.0. The highest BCUT2D eigenvalue weighted by Gasteiger charge is 2.61. The van der Waals surface area contributed by atoms with Crippen LogP contribution in [-0.4, -0.2) is 104 Å². The summed E-state index contributed by atoms with van der Waals surface area (Å²) in [5.41, 5.74) is -1.39. The van der Waals surface area contributed by atoms with Crippen LogP contribution in [-0.2, 0) is 51.8 Å². The second-order valence-corrected chi connectivity index (χ2v) is 19.6. The fraction of sp³-hybridized carbons (Fsp3) is 0.513. The van der Waals surface area contributed by atoms with Crippen LogP contribution in [0.15, 0.2) is 64.0 Å². The van der Waals surface area contributed by atoms with Crippen LogP contribution in [0, 0.1) is 22.0 Å². The third kappa shape index (κ3) is 10.2. The number of amides is 4. The van der Waals surface area contributed by atoms with Crippen molar-refractivity contribution in [3.05, 3.63) is 80.4 Å². The first-order chi connectivity index (χ1) is 27.3. The maximum Gasteiger partial charge on any atom is 0.417 e. The molecule has 0 bridgehead atoms. The molecule has 20 heteroatoms. The summed E-state index contributed by atoms with van der Waals surface area (Å²) >= 11 is 1.17. The molecule has 3 N–H and O–H groups in total. The van der Waals surface area contributed by atoms with Crippen molar-refractivity contribution in [3.63, 3.8) is 0 Å². The molecule has 0 spiro atoms. The monoisotopic (exact) mass is 859 g/mol. The molecule has 6 atom stereocenters. The summed E-state index contributed by atoms with van der Waals surface area (Å²) in [5.74, 6) is -3.43. The summed E-state index contributed by atoms with van der Waals surface area (Å²) in [5, 5.41) is 26.3. The first-order valence-corrected chi connectivity index (χ1v) is 21.2. The lowest BCUT2D eigenvalue weighted by molar-refractivity contribution is -0.384. The van der Waals surface area contributed by atoms with Gasteiger partial charge in [0.2, 0.25) is 15.9 Å². The van der Waals surface area contributed by atoms with Gasteiger partial charge in [0.1, 0.15) is 29.5 Å². The Hall–Kier alpha value is -5.05. The average molecular weight is 860 g/mol. The van der Waals surface area contributed by atoms with Gasteiger partial charge in [-0.15, -0.1) is 11.8 Å². The summed E-state index contributed by atoms with van der Waals surface area (Å²) in [6.07, 6.45) is -2.93. The molecule has 0 radical (unpaired) electrons. The van der Waals surface area contributed by atoms with Crippen molar-refractivity contribution in [2.24, 2.45) is 17.0 Å². The number of nitrogens with zero attached hydrogens (tertiary/aromatic N) is 4. The number of β-lactam (4-membered cyclic amide) rings is 1. The Morgan fingerprint density at radius 1 is 1.00 bits per heavy atom. The molecule has 0 saturated carbocycles. The van der Waals surface area contributed by atoms with Crippen LogP contribution in [0.5, 0.6) is 0 Å². The topological polar surface area (TPSA) is 246 Å². The van der Waals surface area contributed by atoms with Gasteiger partial charge in [-0.3, -0.25) is 24.6 Å². The number of hydrogen-bond acceptors (Lipinski definition) is 14. The average Bonchev–Trinajstić information content (AvgIpc) is 3.64. The zero-order valence-electron chi connectivity index (χ0n) is 33.9. The number of esters is 1. The largest absolute Gasteiger partial charge is 0.456 e. The lowest BCUT2D eigenvalue weighted by Gasteiger charge is -2.46. The van der Waals surface area contributed by atoms with Crippen molar-refractivity contribution in [1.29, 1.82) is 0 Å². The lowest BCUT2D eigenvalue weighted by atomic mass is 9.79. The second-order valence-electron chi connectivity index (χ2n) is 16.7. The van der Waals surface area contributed by atoms with Crippen LogP contribution in [0.4, 0.5) is 15.3 Å². The number of nitro benzene ring substituents is 1. The Morgan fingerprint density at radius 2 is 1.58 bits per heavy atom. The Bertz CT molecular complexity index is 2150. The van der Waals surface area contributed by atoms with Crippen LogP contribution < -0.4 is 5.14 Å². The van der Waals surface area contributed by atoms with Gasteiger partial charge < -0.3 is 24.2 Å². The van der Waals surface area contributed by atoms with E-state index in [1.807, 2.05) is 0 Å². The van der Waals surface area contributed by atoms with Gasteiger partial charge >= 0.3 is 18.2 Å². The number of fused-ring (bicyclic) bond motifs is 1. The molecule has 2 saturated heterocycles. The van der Waals surface area contributed by atoms with Gasteiger partial charge in [-0.25, -0.2) is 32.8 Å². The number of primary sulfonamides is 1. The smallest absolute Gasteiger partial charge is 0.417 e. The fourth-order valence-corrected chi connectivity index (χ4v) is 9.15. The van der Waals surface area contributed by atoms with Crippen LogP contribution in [0.1, 0.15) is 72.9 Å². The van der Waals surface area contributed by atoms with Crippen molar-refractivity contribution in [2.75, 3.05) is 6.54 Å². The lowest BCUT2D eigenvalue weighted by Crippen LogP contribution is -2.63. The highest BCUT2D eigenvalue weighted by molar-refractivity contribution is 8.03. The molecule has 59 heavy (non-hydrogen) atoms. The highest BCUT2D eigenvalue weighted by atomic mass is 32.2. The van der Waals surface area contributed by atoms with Gasteiger partial charge in [0, 0.05) is 34.8 Å². The second kappa shape index (κ2) is 16.9. The van der Waals surface area contributed by atoms with E-state index in [0.29, 0.717) is 16.0 Å². The van der Waals surface area contributed by atoms with E-state index in [9.17, 15) is 47.6 Å². The number of ether oxygens (including phenoxy) is 3. The molecule has 3 heterocycles. The molecule has 2 aromatic rings. The van der Waals surface area contributed by atoms with Gasteiger partial charge in [0.15, 0.2) is 0 Å². The van der Waals surface area contributed by atoms with Gasteiger partial charge in [0.05, 0.1) is 34.4 Å². The Labute approximate surface area is 346 Å². The number of rotatable bonds is 11. The molecule has 2 fully saturated rings. The van der Waals surface area contributed by atoms with E-state index >= 15 is 0 Å². The van der Waals surface area contributed by atoms with Crippen LogP contribution in [0.25, 0.3) is 0 Å². The molecule has 0 aliphatic carbocycles. The van der Waals surface area contributed by atoms with Crippen molar-refractivity contribution in [2.45, 2.75) is 114 Å². The molecule has 2 aromatic carbocycles.